The van der Waals surface area contributed by atoms with Crippen molar-refractivity contribution in [1.29, 1.82) is 0 Å². The van der Waals surface area contributed by atoms with Gasteiger partial charge in [-0.2, -0.15) is 0 Å². The smallest absolute Gasteiger partial charge is 0.260 e. The van der Waals surface area contributed by atoms with E-state index in [1.54, 1.807) is 29.0 Å². The molecule has 6 nitrogen and oxygen atoms in total. The summed E-state index contributed by atoms with van der Waals surface area (Å²) in [5, 5.41) is 0. The first-order valence-electron chi connectivity index (χ1n) is 9.89. The van der Waals surface area contributed by atoms with Crippen LogP contribution in [0.25, 0.3) is 0 Å². The highest BCUT2D eigenvalue weighted by Gasteiger charge is 2.24. The Morgan fingerprint density at radius 1 is 0.931 bits per heavy atom. The third-order valence-electron chi connectivity index (χ3n) is 5.15. The fourth-order valence-corrected chi connectivity index (χ4v) is 3.55. The van der Waals surface area contributed by atoms with E-state index in [1.807, 2.05) is 44.2 Å². The van der Waals surface area contributed by atoms with Crippen molar-refractivity contribution in [1.82, 2.24) is 9.80 Å². The van der Waals surface area contributed by atoms with Crippen LogP contribution >= 0.6 is 0 Å². The molecule has 2 aromatic carbocycles. The number of aryl methyl sites for hydroxylation is 2. The lowest BCUT2D eigenvalue weighted by atomic mass is 10.1. The van der Waals surface area contributed by atoms with Gasteiger partial charge in [-0.3, -0.25) is 9.59 Å². The highest BCUT2D eigenvalue weighted by Crippen LogP contribution is 2.21. The van der Waals surface area contributed by atoms with Crippen molar-refractivity contribution in [2.75, 3.05) is 39.9 Å². The Balaban J connectivity index is 1.57. The Morgan fingerprint density at radius 3 is 2.41 bits per heavy atom. The number of amides is 2. The molecule has 1 aliphatic rings. The Morgan fingerprint density at radius 2 is 1.66 bits per heavy atom. The second-order valence-electron chi connectivity index (χ2n) is 7.28. The Labute approximate surface area is 172 Å². The zero-order valence-electron chi connectivity index (χ0n) is 17.3. The number of hydrogen-bond donors (Lipinski definition) is 0. The first-order chi connectivity index (χ1) is 14.0. The largest absolute Gasteiger partial charge is 0.496 e. The molecule has 154 valence electrons. The number of carbonyl (C=O) groups excluding carboxylic acids is 2. The van der Waals surface area contributed by atoms with Crippen molar-refractivity contribution in [3.05, 3.63) is 59.2 Å². The predicted molar refractivity (Wildman–Crippen MR) is 112 cm³/mol. The van der Waals surface area contributed by atoms with Crippen molar-refractivity contribution in [3.63, 3.8) is 0 Å². The summed E-state index contributed by atoms with van der Waals surface area (Å²) in [5.74, 6) is 1.17. The van der Waals surface area contributed by atoms with E-state index in [4.69, 9.17) is 9.47 Å². The lowest BCUT2D eigenvalue weighted by Gasteiger charge is -2.23. The van der Waals surface area contributed by atoms with Gasteiger partial charge in [-0.25, -0.2) is 0 Å². The molecule has 0 spiro atoms. The van der Waals surface area contributed by atoms with Crippen LogP contribution in [0.15, 0.2) is 42.5 Å². The summed E-state index contributed by atoms with van der Waals surface area (Å²) in [4.78, 5) is 29.1. The number of hydrogen-bond acceptors (Lipinski definition) is 4. The fraction of sp³-hybridized carbons (Fsp3) is 0.391. The van der Waals surface area contributed by atoms with Crippen LogP contribution in [-0.2, 0) is 4.79 Å². The monoisotopic (exact) mass is 396 g/mol. The zero-order chi connectivity index (χ0) is 20.8. The molecule has 0 saturated carbocycles. The van der Waals surface area contributed by atoms with Crippen LogP contribution in [0.3, 0.4) is 0 Å². The number of ether oxygens (including phenoxy) is 2. The maximum atomic E-state index is 12.9. The third-order valence-corrected chi connectivity index (χ3v) is 5.15. The first-order valence-corrected chi connectivity index (χ1v) is 9.89. The molecule has 0 aromatic heterocycles. The topological polar surface area (TPSA) is 59.1 Å². The van der Waals surface area contributed by atoms with E-state index < -0.39 is 0 Å². The lowest BCUT2D eigenvalue weighted by Crippen LogP contribution is -2.39. The average molecular weight is 396 g/mol. The van der Waals surface area contributed by atoms with Crippen LogP contribution in [0, 0.1) is 13.8 Å². The van der Waals surface area contributed by atoms with Gasteiger partial charge in [-0.1, -0.05) is 29.8 Å². The van der Waals surface area contributed by atoms with Gasteiger partial charge in [0, 0.05) is 26.2 Å². The van der Waals surface area contributed by atoms with Gasteiger partial charge in [0.05, 0.1) is 12.7 Å². The standard InChI is InChI=1S/C23H28N2O4/c1-17-9-10-20(18(2)15-17)29-16-22(26)24-11-6-12-25(14-13-24)23(27)19-7-4-5-8-21(19)28-3/h4-5,7-10,15H,6,11-14,16H2,1-3H3. The molecule has 2 aromatic rings. The molecule has 29 heavy (non-hydrogen) atoms. The van der Waals surface area contributed by atoms with Crippen LogP contribution < -0.4 is 9.47 Å². The Bertz CT molecular complexity index is 881. The molecule has 0 aliphatic carbocycles. The molecule has 0 radical (unpaired) electrons. The van der Waals surface area contributed by atoms with E-state index in [9.17, 15) is 9.59 Å². The minimum absolute atomic E-state index is 0.00432. The van der Waals surface area contributed by atoms with Crippen molar-refractivity contribution in [2.45, 2.75) is 20.3 Å². The second kappa shape index (κ2) is 9.45. The van der Waals surface area contributed by atoms with Crippen molar-refractivity contribution < 1.29 is 19.1 Å². The van der Waals surface area contributed by atoms with Gasteiger partial charge in [0.25, 0.3) is 11.8 Å². The lowest BCUT2D eigenvalue weighted by molar-refractivity contribution is -0.133. The minimum atomic E-state index is -0.0664. The van der Waals surface area contributed by atoms with E-state index in [0.29, 0.717) is 37.5 Å². The predicted octanol–water partition coefficient (Wildman–Crippen LogP) is 3.07. The van der Waals surface area contributed by atoms with Gasteiger partial charge in [0.15, 0.2) is 6.61 Å². The molecule has 0 unspecified atom stereocenters. The number of rotatable bonds is 5. The maximum absolute atomic E-state index is 12.9. The number of methoxy groups -OCH3 is 1. The Hall–Kier alpha value is -3.02. The van der Waals surface area contributed by atoms with Crippen LogP contribution in [-0.4, -0.2) is 61.5 Å². The number of nitrogens with zero attached hydrogens (tertiary/aromatic N) is 2. The van der Waals surface area contributed by atoms with E-state index >= 15 is 0 Å². The molecule has 1 aliphatic heterocycles. The molecule has 1 heterocycles. The van der Waals surface area contributed by atoms with Gasteiger partial charge in [0.2, 0.25) is 0 Å². The summed E-state index contributed by atoms with van der Waals surface area (Å²) in [6.45, 7) is 6.22. The van der Waals surface area contributed by atoms with Gasteiger partial charge >= 0.3 is 0 Å². The summed E-state index contributed by atoms with van der Waals surface area (Å²) in [6.07, 6.45) is 0.732. The van der Waals surface area contributed by atoms with Gasteiger partial charge in [0.1, 0.15) is 11.5 Å². The Kier molecular flexibility index (Phi) is 6.75. The van der Waals surface area contributed by atoms with E-state index in [0.717, 1.165) is 23.3 Å². The van der Waals surface area contributed by atoms with Gasteiger partial charge in [-0.05, 0) is 44.0 Å². The van der Waals surface area contributed by atoms with E-state index in [2.05, 4.69) is 0 Å². The van der Waals surface area contributed by atoms with E-state index in [-0.39, 0.29) is 18.4 Å². The normalized spacial score (nSPS) is 14.3. The molecule has 2 amide bonds. The highest BCUT2D eigenvalue weighted by atomic mass is 16.5. The quantitative estimate of drug-likeness (QED) is 0.779. The van der Waals surface area contributed by atoms with E-state index in [1.165, 1.54) is 0 Å². The molecule has 1 saturated heterocycles. The average Bonchev–Trinajstić information content (AvgIpc) is 2.98. The second-order valence-corrected chi connectivity index (χ2v) is 7.28. The van der Waals surface area contributed by atoms with Crippen LogP contribution in [0.1, 0.15) is 27.9 Å². The molecule has 0 N–H and O–H groups in total. The zero-order valence-corrected chi connectivity index (χ0v) is 17.3. The molecule has 1 fully saturated rings. The van der Waals surface area contributed by atoms with Crippen molar-refractivity contribution in [2.24, 2.45) is 0 Å². The molecule has 3 rings (SSSR count). The number of para-hydroxylation sites is 1. The van der Waals surface area contributed by atoms with Crippen LogP contribution in [0.5, 0.6) is 11.5 Å². The molecular formula is C23H28N2O4. The van der Waals surface area contributed by atoms with Crippen LogP contribution in [0.4, 0.5) is 0 Å². The summed E-state index contributed by atoms with van der Waals surface area (Å²) >= 11 is 0. The summed E-state index contributed by atoms with van der Waals surface area (Å²) < 4.78 is 11.0. The van der Waals surface area contributed by atoms with Gasteiger partial charge < -0.3 is 19.3 Å². The molecule has 0 bridgehead atoms. The highest BCUT2D eigenvalue weighted by molar-refractivity contribution is 5.97. The number of carbonyl (C=O) groups is 2. The fourth-order valence-electron chi connectivity index (χ4n) is 3.55. The number of benzene rings is 2. The maximum Gasteiger partial charge on any atom is 0.260 e. The SMILES string of the molecule is COc1ccccc1C(=O)N1CCCN(C(=O)COc2ccc(C)cc2C)CC1. The third kappa shape index (κ3) is 5.08. The molecular weight excluding hydrogens is 368 g/mol. The molecule has 6 heteroatoms. The first kappa shape index (κ1) is 20.7. The summed E-state index contributed by atoms with van der Waals surface area (Å²) in [6, 6.07) is 13.1. The van der Waals surface area contributed by atoms with Gasteiger partial charge in [-0.15, -0.1) is 0 Å². The van der Waals surface area contributed by atoms with Crippen molar-refractivity contribution in [3.8, 4) is 11.5 Å². The van der Waals surface area contributed by atoms with Crippen LogP contribution in [0.2, 0.25) is 0 Å². The summed E-state index contributed by atoms with van der Waals surface area (Å²) in [5.41, 5.74) is 2.73. The minimum Gasteiger partial charge on any atom is -0.496 e. The van der Waals surface area contributed by atoms with Crippen molar-refractivity contribution >= 4 is 11.8 Å². The molecule has 0 atom stereocenters. The summed E-state index contributed by atoms with van der Waals surface area (Å²) in [7, 11) is 1.56.